The van der Waals surface area contributed by atoms with Crippen molar-refractivity contribution in [1.29, 1.82) is 5.26 Å². The van der Waals surface area contributed by atoms with Gasteiger partial charge in [0, 0.05) is 32.4 Å². The van der Waals surface area contributed by atoms with E-state index in [1.165, 1.54) is 12.8 Å². The van der Waals surface area contributed by atoms with Crippen LogP contribution in [0.3, 0.4) is 0 Å². The molecule has 0 bridgehead atoms. The van der Waals surface area contributed by atoms with E-state index in [0.717, 1.165) is 37.6 Å². The first kappa shape index (κ1) is 13.9. The Morgan fingerprint density at radius 2 is 2.38 bits per heavy atom. The van der Waals surface area contributed by atoms with E-state index in [-0.39, 0.29) is 0 Å². The molecule has 0 N–H and O–H groups in total. The van der Waals surface area contributed by atoms with Crippen molar-refractivity contribution in [2.45, 2.75) is 25.8 Å². The van der Waals surface area contributed by atoms with E-state index in [0.29, 0.717) is 11.7 Å². The molecule has 0 aromatic carbocycles. The zero-order valence-electron chi connectivity index (χ0n) is 12.3. The second kappa shape index (κ2) is 6.15. The highest BCUT2D eigenvalue weighted by molar-refractivity contribution is 5.19. The third-order valence-corrected chi connectivity index (χ3v) is 4.15. The number of piperidine rings is 1. The van der Waals surface area contributed by atoms with Crippen molar-refractivity contribution in [3.8, 4) is 6.07 Å². The van der Waals surface area contributed by atoms with Crippen LogP contribution in [0.5, 0.6) is 0 Å². The van der Waals surface area contributed by atoms with E-state index in [2.05, 4.69) is 21.5 Å². The lowest BCUT2D eigenvalue weighted by Gasteiger charge is -2.32. The van der Waals surface area contributed by atoms with E-state index >= 15 is 0 Å². The molecule has 21 heavy (non-hydrogen) atoms. The number of furan rings is 1. The van der Waals surface area contributed by atoms with Gasteiger partial charge in [0.15, 0.2) is 0 Å². The molecule has 0 radical (unpaired) electrons. The van der Waals surface area contributed by atoms with Crippen LogP contribution < -0.4 is 0 Å². The summed E-state index contributed by atoms with van der Waals surface area (Å²) in [6.45, 7) is 2.95. The zero-order chi connectivity index (χ0) is 14.7. The first-order valence-corrected chi connectivity index (χ1v) is 7.42. The van der Waals surface area contributed by atoms with E-state index in [4.69, 9.17) is 9.68 Å². The highest BCUT2D eigenvalue weighted by Crippen LogP contribution is 2.22. The van der Waals surface area contributed by atoms with Crippen LogP contribution in [0.15, 0.2) is 28.9 Å². The Kier molecular flexibility index (Phi) is 4.07. The van der Waals surface area contributed by atoms with Crippen LogP contribution in [0.2, 0.25) is 0 Å². The summed E-state index contributed by atoms with van der Waals surface area (Å²) in [4.78, 5) is 6.84. The lowest BCUT2D eigenvalue weighted by molar-refractivity contribution is 0.155. The number of imidazole rings is 1. The van der Waals surface area contributed by atoms with Gasteiger partial charge in [-0.25, -0.2) is 4.98 Å². The minimum absolute atomic E-state index is 0.395. The van der Waals surface area contributed by atoms with Gasteiger partial charge in [-0.1, -0.05) is 0 Å². The van der Waals surface area contributed by atoms with Gasteiger partial charge in [-0.3, -0.25) is 4.90 Å². The predicted octanol–water partition coefficient (Wildman–Crippen LogP) is 2.34. The van der Waals surface area contributed by atoms with Gasteiger partial charge in [0.25, 0.3) is 0 Å². The molecular formula is C16H20N4O. The first-order valence-electron chi connectivity index (χ1n) is 7.42. The summed E-state index contributed by atoms with van der Waals surface area (Å²) in [7, 11) is 2.05. The second-order valence-electron chi connectivity index (χ2n) is 5.78. The van der Waals surface area contributed by atoms with Crippen LogP contribution in [-0.2, 0) is 20.0 Å². The van der Waals surface area contributed by atoms with E-state index < -0.39 is 0 Å². The molecule has 1 saturated heterocycles. The maximum absolute atomic E-state index is 8.80. The predicted molar refractivity (Wildman–Crippen MR) is 78.3 cm³/mol. The number of nitriles is 1. The van der Waals surface area contributed by atoms with E-state index in [1.807, 2.05) is 24.5 Å². The average molecular weight is 284 g/mol. The average Bonchev–Trinajstić information content (AvgIpc) is 3.09. The van der Waals surface area contributed by atoms with Crippen LogP contribution in [0.4, 0.5) is 0 Å². The Morgan fingerprint density at radius 3 is 3.10 bits per heavy atom. The summed E-state index contributed by atoms with van der Waals surface area (Å²) in [5, 5.41) is 8.80. The quantitative estimate of drug-likeness (QED) is 0.864. The molecule has 3 rings (SSSR count). The van der Waals surface area contributed by atoms with Gasteiger partial charge in [0.2, 0.25) is 5.76 Å². The molecule has 2 aromatic rings. The van der Waals surface area contributed by atoms with Crippen molar-refractivity contribution in [2.24, 2.45) is 13.0 Å². The molecule has 1 aliphatic rings. The molecule has 110 valence electrons. The summed E-state index contributed by atoms with van der Waals surface area (Å²) in [5.74, 6) is 3.08. The smallest absolute Gasteiger partial charge is 0.203 e. The molecule has 3 heterocycles. The SMILES string of the molecule is Cn1ccnc1C[C@H]1CCCN(Cc2ccc(C#N)o2)C1. The summed E-state index contributed by atoms with van der Waals surface area (Å²) in [6.07, 6.45) is 7.36. The van der Waals surface area contributed by atoms with Gasteiger partial charge in [0.1, 0.15) is 17.7 Å². The number of rotatable bonds is 4. The molecule has 0 amide bonds. The van der Waals surface area contributed by atoms with Crippen molar-refractivity contribution < 1.29 is 4.42 Å². The number of likely N-dealkylation sites (tertiary alicyclic amines) is 1. The van der Waals surface area contributed by atoms with Gasteiger partial charge in [-0.05, 0) is 37.4 Å². The topological polar surface area (TPSA) is 58.0 Å². The Balaban J connectivity index is 1.58. The Labute approximate surface area is 124 Å². The van der Waals surface area contributed by atoms with Crippen molar-refractivity contribution in [3.05, 3.63) is 41.9 Å². The van der Waals surface area contributed by atoms with Gasteiger partial charge in [-0.15, -0.1) is 0 Å². The molecule has 1 aliphatic heterocycles. The molecule has 0 spiro atoms. The number of aryl methyl sites for hydroxylation is 1. The minimum atomic E-state index is 0.395. The maximum atomic E-state index is 8.80. The molecule has 1 atom stereocenters. The summed E-state index contributed by atoms with van der Waals surface area (Å²) in [6, 6.07) is 5.68. The maximum Gasteiger partial charge on any atom is 0.203 e. The minimum Gasteiger partial charge on any atom is -0.449 e. The zero-order valence-corrected chi connectivity index (χ0v) is 12.3. The third kappa shape index (κ3) is 3.34. The van der Waals surface area contributed by atoms with Gasteiger partial charge >= 0.3 is 0 Å². The molecule has 0 saturated carbocycles. The van der Waals surface area contributed by atoms with Crippen LogP contribution in [0.1, 0.15) is 30.2 Å². The Hall–Kier alpha value is -2.06. The fourth-order valence-electron chi connectivity index (χ4n) is 3.06. The lowest BCUT2D eigenvalue weighted by atomic mass is 9.94. The number of nitrogens with zero attached hydrogens (tertiary/aromatic N) is 4. The van der Waals surface area contributed by atoms with Crippen molar-refractivity contribution in [1.82, 2.24) is 14.5 Å². The standard InChI is InChI=1S/C16H20N4O/c1-19-8-6-18-16(19)9-13-3-2-7-20(11-13)12-15-5-4-14(10-17)21-15/h4-6,8,13H,2-3,7,9,11-12H2,1H3/t13-/m1/s1. The van der Waals surface area contributed by atoms with Crippen molar-refractivity contribution in [2.75, 3.05) is 13.1 Å². The highest BCUT2D eigenvalue weighted by atomic mass is 16.3. The van der Waals surface area contributed by atoms with Gasteiger partial charge in [-0.2, -0.15) is 5.26 Å². The summed E-state index contributed by atoms with van der Waals surface area (Å²) in [5.41, 5.74) is 0. The van der Waals surface area contributed by atoms with E-state index in [1.54, 1.807) is 6.07 Å². The van der Waals surface area contributed by atoms with E-state index in [9.17, 15) is 0 Å². The van der Waals surface area contributed by atoms with Crippen molar-refractivity contribution in [3.63, 3.8) is 0 Å². The van der Waals surface area contributed by atoms with Crippen LogP contribution >= 0.6 is 0 Å². The van der Waals surface area contributed by atoms with Gasteiger partial charge in [0.05, 0.1) is 6.54 Å². The number of hydrogen-bond donors (Lipinski definition) is 0. The Morgan fingerprint density at radius 1 is 1.48 bits per heavy atom. The molecular weight excluding hydrogens is 264 g/mol. The number of aromatic nitrogens is 2. The van der Waals surface area contributed by atoms with Crippen LogP contribution in [0.25, 0.3) is 0 Å². The fraction of sp³-hybridized carbons (Fsp3) is 0.500. The summed E-state index contributed by atoms with van der Waals surface area (Å²) < 4.78 is 7.58. The molecule has 2 aromatic heterocycles. The summed E-state index contributed by atoms with van der Waals surface area (Å²) >= 11 is 0. The van der Waals surface area contributed by atoms with Crippen LogP contribution in [0, 0.1) is 17.2 Å². The molecule has 0 aliphatic carbocycles. The van der Waals surface area contributed by atoms with Crippen LogP contribution in [-0.4, -0.2) is 27.5 Å². The normalized spacial score (nSPS) is 19.5. The second-order valence-corrected chi connectivity index (χ2v) is 5.78. The van der Waals surface area contributed by atoms with Gasteiger partial charge < -0.3 is 8.98 Å². The Bertz CT molecular complexity index is 637. The molecule has 5 heteroatoms. The third-order valence-electron chi connectivity index (χ3n) is 4.15. The largest absolute Gasteiger partial charge is 0.449 e. The fourth-order valence-corrected chi connectivity index (χ4v) is 3.06. The van der Waals surface area contributed by atoms with Crippen molar-refractivity contribution >= 4 is 0 Å². The molecule has 0 unspecified atom stereocenters. The lowest BCUT2D eigenvalue weighted by Crippen LogP contribution is -2.36. The number of hydrogen-bond acceptors (Lipinski definition) is 4. The molecule has 1 fully saturated rings. The molecule has 5 nitrogen and oxygen atoms in total. The first-order chi connectivity index (χ1) is 10.2. The highest BCUT2D eigenvalue weighted by Gasteiger charge is 2.22. The monoisotopic (exact) mass is 284 g/mol.